The van der Waals surface area contributed by atoms with Gasteiger partial charge < -0.3 is 14.4 Å². The standard InChI is InChI=1S/C23H28N2O3S/c1-17(2)13-23(26)25(11-12-27-3)14-19-16-29-22(24-19)15-28-21-10-6-8-18-7-4-5-9-20(18)21/h4-10,16-17H,11-15H2,1-3H3. The summed E-state index contributed by atoms with van der Waals surface area (Å²) in [5.74, 6) is 1.32. The molecule has 1 heterocycles. The van der Waals surface area contributed by atoms with E-state index in [0.717, 1.165) is 27.2 Å². The molecule has 0 aliphatic heterocycles. The number of fused-ring (bicyclic) bond motifs is 1. The molecule has 1 amide bonds. The first-order valence-corrected chi connectivity index (χ1v) is 10.8. The van der Waals surface area contributed by atoms with Crippen LogP contribution in [0.2, 0.25) is 0 Å². The Balaban J connectivity index is 1.63. The first kappa shape index (κ1) is 21.3. The van der Waals surface area contributed by atoms with Crippen molar-refractivity contribution in [1.82, 2.24) is 9.88 Å². The molecule has 3 rings (SSSR count). The van der Waals surface area contributed by atoms with E-state index in [9.17, 15) is 4.79 Å². The molecule has 0 aliphatic rings. The van der Waals surface area contributed by atoms with Gasteiger partial charge in [0, 0.05) is 30.8 Å². The Morgan fingerprint density at radius 1 is 1.17 bits per heavy atom. The maximum Gasteiger partial charge on any atom is 0.223 e. The lowest BCUT2D eigenvalue weighted by molar-refractivity contribution is -0.133. The third kappa shape index (κ3) is 6.02. The summed E-state index contributed by atoms with van der Waals surface area (Å²) >= 11 is 1.56. The normalized spacial score (nSPS) is 11.2. The van der Waals surface area contributed by atoms with Gasteiger partial charge in [-0.15, -0.1) is 11.3 Å². The number of amides is 1. The van der Waals surface area contributed by atoms with Gasteiger partial charge in [0.25, 0.3) is 0 Å². The van der Waals surface area contributed by atoms with Crippen LogP contribution in [0.1, 0.15) is 31.0 Å². The molecule has 5 nitrogen and oxygen atoms in total. The minimum atomic E-state index is 0.138. The Hall–Kier alpha value is -2.44. The number of hydrogen-bond acceptors (Lipinski definition) is 5. The Morgan fingerprint density at radius 2 is 1.97 bits per heavy atom. The predicted molar refractivity (Wildman–Crippen MR) is 117 cm³/mol. The Morgan fingerprint density at radius 3 is 2.76 bits per heavy atom. The highest BCUT2D eigenvalue weighted by atomic mass is 32.1. The Kier molecular flexibility index (Phi) is 7.61. The highest BCUT2D eigenvalue weighted by Gasteiger charge is 2.17. The fourth-order valence-corrected chi connectivity index (χ4v) is 3.81. The third-order valence-electron chi connectivity index (χ3n) is 4.55. The maximum absolute atomic E-state index is 12.5. The van der Waals surface area contributed by atoms with Gasteiger partial charge in [0.2, 0.25) is 5.91 Å². The number of rotatable bonds is 10. The van der Waals surface area contributed by atoms with Gasteiger partial charge in [0.15, 0.2) is 0 Å². The molecule has 0 unspecified atom stereocenters. The molecule has 29 heavy (non-hydrogen) atoms. The van der Waals surface area contributed by atoms with E-state index in [1.165, 1.54) is 0 Å². The number of nitrogens with zero attached hydrogens (tertiary/aromatic N) is 2. The molecule has 3 aromatic rings. The summed E-state index contributed by atoms with van der Waals surface area (Å²) in [6.45, 7) is 6.11. The molecule has 0 atom stereocenters. The van der Waals surface area contributed by atoms with E-state index in [1.54, 1.807) is 18.4 Å². The van der Waals surface area contributed by atoms with E-state index >= 15 is 0 Å². The minimum absolute atomic E-state index is 0.138. The van der Waals surface area contributed by atoms with Crippen molar-refractivity contribution < 1.29 is 14.3 Å². The topological polar surface area (TPSA) is 51.7 Å². The van der Waals surface area contributed by atoms with E-state index in [0.29, 0.717) is 38.6 Å². The minimum Gasteiger partial charge on any atom is -0.486 e. The zero-order valence-electron chi connectivity index (χ0n) is 17.3. The largest absolute Gasteiger partial charge is 0.486 e. The second kappa shape index (κ2) is 10.4. The monoisotopic (exact) mass is 412 g/mol. The molecule has 154 valence electrons. The second-order valence-corrected chi connectivity index (χ2v) is 8.35. The lowest BCUT2D eigenvalue weighted by atomic mass is 10.1. The van der Waals surface area contributed by atoms with E-state index in [-0.39, 0.29) is 5.91 Å². The summed E-state index contributed by atoms with van der Waals surface area (Å²) in [5.41, 5.74) is 0.889. The summed E-state index contributed by atoms with van der Waals surface area (Å²) in [7, 11) is 1.65. The smallest absolute Gasteiger partial charge is 0.223 e. The molecule has 2 aromatic carbocycles. The molecular weight excluding hydrogens is 384 g/mol. The van der Waals surface area contributed by atoms with Crippen molar-refractivity contribution in [1.29, 1.82) is 0 Å². The number of ether oxygens (including phenoxy) is 2. The molecule has 1 aromatic heterocycles. The van der Waals surface area contributed by atoms with Crippen molar-refractivity contribution in [2.45, 2.75) is 33.4 Å². The van der Waals surface area contributed by atoms with E-state index in [1.807, 2.05) is 34.5 Å². The number of hydrogen-bond donors (Lipinski definition) is 0. The number of aromatic nitrogens is 1. The number of methoxy groups -OCH3 is 1. The summed E-state index contributed by atoms with van der Waals surface area (Å²) in [6, 6.07) is 14.2. The summed E-state index contributed by atoms with van der Waals surface area (Å²) in [5, 5.41) is 5.15. The van der Waals surface area contributed by atoms with Gasteiger partial charge >= 0.3 is 0 Å². The molecule has 0 aliphatic carbocycles. The molecule has 0 spiro atoms. The van der Waals surface area contributed by atoms with Gasteiger partial charge in [-0.25, -0.2) is 4.98 Å². The average molecular weight is 413 g/mol. The molecule has 6 heteroatoms. The van der Waals surface area contributed by atoms with Crippen LogP contribution in [0.25, 0.3) is 10.8 Å². The Bertz CT molecular complexity index is 933. The highest BCUT2D eigenvalue weighted by Crippen LogP contribution is 2.26. The molecule has 0 saturated carbocycles. The van der Waals surface area contributed by atoms with E-state index < -0.39 is 0 Å². The van der Waals surface area contributed by atoms with Crippen molar-refractivity contribution in [2.24, 2.45) is 5.92 Å². The van der Waals surface area contributed by atoms with Gasteiger partial charge in [0.1, 0.15) is 17.4 Å². The second-order valence-electron chi connectivity index (χ2n) is 7.40. The van der Waals surface area contributed by atoms with Crippen molar-refractivity contribution in [3.05, 3.63) is 58.5 Å². The first-order chi connectivity index (χ1) is 14.1. The van der Waals surface area contributed by atoms with Crippen LogP contribution < -0.4 is 4.74 Å². The van der Waals surface area contributed by atoms with Crippen LogP contribution in [0.3, 0.4) is 0 Å². The van der Waals surface area contributed by atoms with Gasteiger partial charge in [-0.05, 0) is 17.4 Å². The SMILES string of the molecule is COCCN(Cc1csc(COc2cccc3ccccc23)n1)C(=O)CC(C)C. The van der Waals surface area contributed by atoms with Crippen LogP contribution in [-0.2, 0) is 22.7 Å². The van der Waals surface area contributed by atoms with Crippen molar-refractivity contribution in [3.63, 3.8) is 0 Å². The summed E-state index contributed by atoms with van der Waals surface area (Å²) in [6.07, 6.45) is 0.533. The van der Waals surface area contributed by atoms with E-state index in [2.05, 4.69) is 37.0 Å². The summed E-state index contributed by atoms with van der Waals surface area (Å²) < 4.78 is 11.2. The van der Waals surface area contributed by atoms with Crippen molar-refractivity contribution in [3.8, 4) is 5.75 Å². The van der Waals surface area contributed by atoms with Crippen LogP contribution in [0.15, 0.2) is 47.8 Å². The summed E-state index contributed by atoms with van der Waals surface area (Å²) in [4.78, 5) is 19.0. The van der Waals surface area contributed by atoms with Crippen LogP contribution in [-0.4, -0.2) is 36.1 Å². The fraction of sp³-hybridized carbons (Fsp3) is 0.391. The van der Waals surface area contributed by atoms with E-state index in [4.69, 9.17) is 9.47 Å². The van der Waals surface area contributed by atoms with Crippen LogP contribution in [0.5, 0.6) is 5.75 Å². The van der Waals surface area contributed by atoms with Crippen LogP contribution >= 0.6 is 11.3 Å². The van der Waals surface area contributed by atoms with Gasteiger partial charge in [-0.1, -0.05) is 50.2 Å². The zero-order valence-corrected chi connectivity index (χ0v) is 18.1. The lowest BCUT2D eigenvalue weighted by Crippen LogP contribution is -2.34. The molecule has 0 saturated heterocycles. The van der Waals surface area contributed by atoms with Gasteiger partial charge in [0.05, 0.1) is 18.8 Å². The number of thiazole rings is 1. The van der Waals surface area contributed by atoms with Crippen LogP contribution in [0, 0.1) is 5.92 Å². The fourth-order valence-electron chi connectivity index (χ4n) is 3.12. The van der Waals surface area contributed by atoms with Crippen molar-refractivity contribution in [2.75, 3.05) is 20.3 Å². The lowest BCUT2D eigenvalue weighted by Gasteiger charge is -2.22. The maximum atomic E-state index is 12.5. The molecular formula is C23H28N2O3S. The van der Waals surface area contributed by atoms with Gasteiger partial charge in [-0.2, -0.15) is 0 Å². The third-order valence-corrected chi connectivity index (χ3v) is 5.42. The Labute approximate surface area is 176 Å². The average Bonchev–Trinajstić information content (AvgIpc) is 3.16. The number of carbonyl (C=O) groups is 1. The van der Waals surface area contributed by atoms with Crippen LogP contribution in [0.4, 0.5) is 0 Å². The number of benzene rings is 2. The predicted octanol–water partition coefficient (Wildman–Crippen LogP) is 4.90. The molecule has 0 bridgehead atoms. The molecule has 0 fully saturated rings. The van der Waals surface area contributed by atoms with Gasteiger partial charge in [-0.3, -0.25) is 4.79 Å². The molecule has 0 N–H and O–H groups in total. The number of carbonyl (C=O) groups excluding carboxylic acids is 1. The highest BCUT2D eigenvalue weighted by molar-refractivity contribution is 7.09. The zero-order chi connectivity index (χ0) is 20.6. The molecule has 0 radical (unpaired) electrons. The first-order valence-electron chi connectivity index (χ1n) is 9.87. The van der Waals surface area contributed by atoms with Crippen molar-refractivity contribution >= 4 is 28.0 Å². The quantitative estimate of drug-likeness (QED) is 0.475.